The number of hydrogen-bond donors (Lipinski definition) is 4. The van der Waals surface area contributed by atoms with Gasteiger partial charge in [0.15, 0.2) is 23.8 Å². The Kier molecular flexibility index (Phi) is 10.2. The van der Waals surface area contributed by atoms with Gasteiger partial charge in [-0.2, -0.15) is 5.48 Å². The number of carbonyl (C=O) groups is 5. The maximum absolute atomic E-state index is 13.0. The number of benzene rings is 1. The van der Waals surface area contributed by atoms with Crippen molar-refractivity contribution < 1.29 is 43.2 Å². The average molecular weight is 585 g/mol. The molecule has 3 rings (SSSR count). The number of amides is 3. The zero-order valence-electron chi connectivity index (χ0n) is 20.0. The van der Waals surface area contributed by atoms with Crippen molar-refractivity contribution in [2.75, 3.05) is 24.9 Å². The molecule has 3 atom stereocenters. The van der Waals surface area contributed by atoms with Gasteiger partial charge in [-0.15, -0.1) is 22.9 Å². The molecule has 2 heterocycles. The van der Waals surface area contributed by atoms with Crippen molar-refractivity contribution >= 4 is 63.4 Å². The van der Waals surface area contributed by atoms with Crippen LogP contribution >= 0.6 is 22.9 Å². The van der Waals surface area contributed by atoms with E-state index in [2.05, 4.69) is 31.2 Å². The third-order valence-corrected chi connectivity index (χ3v) is 6.07. The predicted octanol–water partition coefficient (Wildman–Crippen LogP) is -0.309. The van der Waals surface area contributed by atoms with E-state index < -0.39 is 59.3 Å². The first-order valence-electron chi connectivity index (χ1n) is 10.9. The van der Waals surface area contributed by atoms with E-state index in [0.717, 1.165) is 18.4 Å². The molecule has 4 N–H and O–H groups in total. The van der Waals surface area contributed by atoms with Crippen LogP contribution in [-0.4, -0.2) is 71.2 Å². The molecule has 2 aromatic rings. The van der Waals surface area contributed by atoms with Gasteiger partial charge >= 0.3 is 11.9 Å². The van der Waals surface area contributed by atoms with Crippen molar-refractivity contribution in [3.8, 4) is 0 Å². The molecule has 3 unspecified atom stereocenters. The summed E-state index contributed by atoms with van der Waals surface area (Å²) in [6.45, 7) is -0.850. The molecule has 3 amide bonds. The van der Waals surface area contributed by atoms with Gasteiger partial charge in [-0.1, -0.05) is 0 Å². The minimum atomic E-state index is -1.39. The van der Waals surface area contributed by atoms with Crippen LogP contribution in [-0.2, 0) is 44.9 Å². The normalized spacial score (nSPS) is 16.7. The number of carbonyl (C=O) groups excluding carboxylic acids is 5. The summed E-state index contributed by atoms with van der Waals surface area (Å²) in [5.74, 6) is -3.93. The molecule has 0 saturated carbocycles. The van der Waals surface area contributed by atoms with Gasteiger partial charge in [-0.05, 0) is 17.7 Å². The van der Waals surface area contributed by atoms with Gasteiger partial charge < -0.3 is 25.4 Å². The maximum atomic E-state index is 13.0. The second kappa shape index (κ2) is 13.6. The van der Waals surface area contributed by atoms with Crippen LogP contribution in [0.4, 0.5) is 10.8 Å². The van der Waals surface area contributed by atoms with Crippen LogP contribution in [0.3, 0.4) is 0 Å². The van der Waals surface area contributed by atoms with Crippen LogP contribution in [0.15, 0.2) is 29.6 Å². The highest BCUT2D eigenvalue weighted by atomic mass is 35.5. The number of aromatic nitrogens is 1. The number of nitrogens with zero attached hydrogens (tertiary/aromatic N) is 2. The van der Waals surface area contributed by atoms with Crippen molar-refractivity contribution in [3.05, 3.63) is 51.0 Å². The highest BCUT2D eigenvalue weighted by Gasteiger charge is 2.46. The number of alkyl halides is 1. The fraction of sp³-hybridized carbons (Fsp3) is 0.333. The van der Waals surface area contributed by atoms with Gasteiger partial charge in [0.2, 0.25) is 17.7 Å². The number of anilines is 1. The van der Waals surface area contributed by atoms with Gasteiger partial charge in [0.25, 0.3) is 5.69 Å². The van der Waals surface area contributed by atoms with E-state index >= 15 is 0 Å². The van der Waals surface area contributed by atoms with E-state index in [1.807, 2.05) is 0 Å². The van der Waals surface area contributed by atoms with Crippen LogP contribution in [0.1, 0.15) is 17.3 Å². The van der Waals surface area contributed by atoms with Gasteiger partial charge in [0.1, 0.15) is 18.5 Å². The lowest BCUT2D eigenvalue weighted by atomic mass is 9.98. The Bertz CT molecular complexity index is 1260. The van der Waals surface area contributed by atoms with Crippen molar-refractivity contribution in [2.24, 2.45) is 0 Å². The van der Waals surface area contributed by atoms with Crippen molar-refractivity contribution in [1.29, 1.82) is 0 Å². The lowest BCUT2D eigenvalue weighted by molar-refractivity contribution is -0.384. The fourth-order valence-corrected chi connectivity index (χ4v) is 3.89. The first-order chi connectivity index (χ1) is 18.6. The number of β-lactam (4-membered cyclic amide) rings is 1. The monoisotopic (exact) mass is 584 g/mol. The number of nitro benzene ring substituents is 1. The SMILES string of the molecule is COC(=O)C1NC(=O)C1NC(=O)C(NOCC(=O)OCc1ccc([N+](=O)[O-])cc1)c1csc(NC(=O)CCl)n1. The van der Waals surface area contributed by atoms with Gasteiger partial charge in [0, 0.05) is 17.5 Å². The summed E-state index contributed by atoms with van der Waals surface area (Å²) < 4.78 is 9.63. The zero-order valence-corrected chi connectivity index (χ0v) is 21.6. The number of thiazole rings is 1. The lowest BCUT2D eigenvalue weighted by Gasteiger charge is -2.35. The lowest BCUT2D eigenvalue weighted by Crippen LogP contribution is -2.72. The highest BCUT2D eigenvalue weighted by Crippen LogP contribution is 2.22. The average Bonchev–Trinajstić information content (AvgIpc) is 3.38. The van der Waals surface area contributed by atoms with Crippen LogP contribution in [0.25, 0.3) is 0 Å². The number of non-ortho nitro benzene ring substituents is 1. The number of nitro groups is 1. The highest BCUT2D eigenvalue weighted by molar-refractivity contribution is 7.14. The third kappa shape index (κ3) is 7.90. The van der Waals surface area contributed by atoms with Crippen LogP contribution in [0, 0.1) is 10.1 Å². The molecule has 208 valence electrons. The van der Waals surface area contributed by atoms with E-state index in [9.17, 15) is 34.1 Å². The summed E-state index contributed by atoms with van der Waals surface area (Å²) in [6.07, 6.45) is 0. The topological polar surface area (TPSA) is 217 Å². The molecular weight excluding hydrogens is 564 g/mol. The van der Waals surface area contributed by atoms with Crippen LogP contribution in [0.5, 0.6) is 0 Å². The molecule has 0 radical (unpaired) electrons. The summed E-state index contributed by atoms with van der Waals surface area (Å²) in [7, 11) is 1.12. The molecule has 1 aliphatic heterocycles. The number of esters is 2. The first kappa shape index (κ1) is 29.4. The molecule has 0 spiro atoms. The van der Waals surface area contributed by atoms with Crippen molar-refractivity contribution in [3.63, 3.8) is 0 Å². The number of nitrogens with one attached hydrogen (secondary N) is 4. The number of ether oxygens (including phenoxy) is 2. The molecule has 16 nitrogen and oxygen atoms in total. The van der Waals surface area contributed by atoms with Crippen LogP contribution in [0.2, 0.25) is 0 Å². The van der Waals surface area contributed by atoms with E-state index in [1.54, 1.807) is 0 Å². The summed E-state index contributed by atoms with van der Waals surface area (Å²) >= 11 is 6.44. The Balaban J connectivity index is 1.61. The molecule has 1 aromatic heterocycles. The van der Waals surface area contributed by atoms with E-state index in [0.29, 0.717) is 5.56 Å². The summed E-state index contributed by atoms with van der Waals surface area (Å²) in [4.78, 5) is 79.7. The van der Waals surface area contributed by atoms with Gasteiger partial charge in [-0.3, -0.25) is 29.3 Å². The molecular formula is C21H21ClN6O10S. The standard InChI is InChI=1S/C21H21ClN6O10S/c1-36-20(33)17-16(19(32)26-17)25-18(31)15(12-9-39-21(23-12)24-13(29)6-22)27-38-8-14(30)37-7-10-2-4-11(5-3-10)28(34)35/h2-5,9,15-17,27H,6-8H2,1H3,(H,25,31)(H,26,32)(H,23,24,29). The van der Waals surface area contributed by atoms with E-state index in [4.69, 9.17) is 21.2 Å². The Morgan fingerprint density at radius 3 is 2.59 bits per heavy atom. The zero-order chi connectivity index (χ0) is 28.5. The Labute approximate surface area is 228 Å². The predicted molar refractivity (Wildman–Crippen MR) is 132 cm³/mol. The third-order valence-electron chi connectivity index (χ3n) is 5.05. The quantitative estimate of drug-likeness (QED) is 0.0783. The molecule has 1 fully saturated rings. The van der Waals surface area contributed by atoms with Crippen molar-refractivity contribution in [2.45, 2.75) is 24.7 Å². The Morgan fingerprint density at radius 2 is 1.97 bits per heavy atom. The molecule has 0 aliphatic carbocycles. The minimum absolute atomic E-state index is 0.0518. The molecule has 0 bridgehead atoms. The van der Waals surface area contributed by atoms with E-state index in [1.165, 1.54) is 29.6 Å². The fourth-order valence-electron chi connectivity index (χ4n) is 3.07. The summed E-state index contributed by atoms with van der Waals surface area (Å²) in [5.41, 5.74) is 2.79. The number of methoxy groups -OCH3 is 1. The Morgan fingerprint density at radius 1 is 1.26 bits per heavy atom. The number of rotatable bonds is 13. The Hall–Kier alpha value is -4.19. The number of hydroxylamine groups is 1. The van der Waals surface area contributed by atoms with Crippen molar-refractivity contribution in [1.82, 2.24) is 21.1 Å². The summed E-state index contributed by atoms with van der Waals surface area (Å²) in [5, 5.41) is 19.4. The summed E-state index contributed by atoms with van der Waals surface area (Å²) in [6, 6.07) is 1.64. The van der Waals surface area contributed by atoms with Gasteiger partial charge in [-0.25, -0.2) is 14.6 Å². The number of hydrogen-bond acceptors (Lipinski definition) is 13. The second-order valence-corrected chi connectivity index (χ2v) is 8.80. The largest absolute Gasteiger partial charge is 0.467 e. The molecule has 1 aromatic carbocycles. The second-order valence-electron chi connectivity index (χ2n) is 7.68. The molecule has 1 saturated heterocycles. The van der Waals surface area contributed by atoms with Gasteiger partial charge in [0.05, 0.1) is 17.7 Å². The minimum Gasteiger partial charge on any atom is -0.467 e. The molecule has 18 heteroatoms. The smallest absolute Gasteiger partial charge is 0.334 e. The van der Waals surface area contributed by atoms with Crippen LogP contribution < -0.4 is 21.4 Å². The number of halogens is 1. The molecule has 1 aliphatic rings. The molecule has 39 heavy (non-hydrogen) atoms. The maximum Gasteiger partial charge on any atom is 0.334 e. The first-order valence-corrected chi connectivity index (χ1v) is 12.3. The van der Waals surface area contributed by atoms with E-state index in [-0.39, 0.29) is 29.0 Å².